The van der Waals surface area contributed by atoms with Crippen molar-refractivity contribution in [1.29, 1.82) is 0 Å². The van der Waals surface area contributed by atoms with E-state index in [-0.39, 0.29) is 0 Å². The highest BCUT2D eigenvalue weighted by Crippen LogP contribution is 2.37. The maximum atomic E-state index is 6.44. The smallest absolute Gasteiger partial charge is 0.141 e. The van der Waals surface area contributed by atoms with Gasteiger partial charge in [0.15, 0.2) is 0 Å². The molecule has 1 aliphatic heterocycles. The van der Waals surface area contributed by atoms with Gasteiger partial charge in [-0.05, 0) is 24.4 Å². The van der Waals surface area contributed by atoms with Crippen molar-refractivity contribution >= 4 is 33.2 Å². The van der Waals surface area contributed by atoms with Gasteiger partial charge in [-0.1, -0.05) is 32.4 Å². The first kappa shape index (κ1) is 14.2. The second-order valence-corrected chi connectivity index (χ2v) is 7.27. The lowest BCUT2D eigenvalue weighted by atomic mass is 10.1. The molecule has 0 N–H and O–H groups in total. The van der Waals surface area contributed by atoms with Gasteiger partial charge in [0.1, 0.15) is 15.8 Å². The highest BCUT2D eigenvalue weighted by atomic mass is 35.5. The molecule has 0 fully saturated rings. The van der Waals surface area contributed by atoms with Crippen molar-refractivity contribution in [2.24, 2.45) is 5.92 Å². The summed E-state index contributed by atoms with van der Waals surface area (Å²) in [6.07, 6.45) is 1.95. The van der Waals surface area contributed by atoms with Gasteiger partial charge in [-0.25, -0.2) is 9.97 Å². The topological polar surface area (TPSA) is 29.0 Å². The van der Waals surface area contributed by atoms with Crippen molar-refractivity contribution in [3.8, 4) is 0 Å². The molecule has 2 aromatic heterocycles. The predicted molar refractivity (Wildman–Crippen MR) is 85.6 cm³/mol. The quantitative estimate of drug-likeness (QED) is 0.805. The van der Waals surface area contributed by atoms with Crippen LogP contribution < -0.4 is 0 Å². The summed E-state index contributed by atoms with van der Waals surface area (Å²) in [5.74, 6) is 1.43. The molecule has 0 spiro atoms. The molecule has 108 valence electrons. The monoisotopic (exact) mass is 309 g/mol. The highest BCUT2D eigenvalue weighted by Gasteiger charge is 2.23. The largest absolute Gasteiger partial charge is 0.298 e. The molecule has 0 aromatic carbocycles. The van der Waals surface area contributed by atoms with Gasteiger partial charge in [-0.15, -0.1) is 11.3 Å². The van der Waals surface area contributed by atoms with Crippen LogP contribution in [0.1, 0.15) is 37.0 Å². The summed E-state index contributed by atoms with van der Waals surface area (Å²) in [5.41, 5.74) is 1.38. The van der Waals surface area contributed by atoms with Gasteiger partial charge >= 0.3 is 0 Å². The third kappa shape index (κ3) is 2.57. The maximum Gasteiger partial charge on any atom is 0.141 e. The number of aromatic nitrogens is 2. The van der Waals surface area contributed by atoms with E-state index in [4.69, 9.17) is 16.6 Å². The molecule has 1 aliphatic rings. The van der Waals surface area contributed by atoms with Crippen LogP contribution in [-0.2, 0) is 19.4 Å². The first-order valence-corrected chi connectivity index (χ1v) is 8.47. The average Bonchev–Trinajstić information content (AvgIpc) is 2.74. The van der Waals surface area contributed by atoms with Crippen LogP contribution in [0.3, 0.4) is 0 Å². The summed E-state index contributed by atoms with van der Waals surface area (Å²) in [4.78, 5) is 14.2. The summed E-state index contributed by atoms with van der Waals surface area (Å²) in [6, 6.07) is 0. The van der Waals surface area contributed by atoms with E-state index in [0.29, 0.717) is 11.1 Å². The number of likely N-dealkylation sites (N-methyl/N-ethyl adjacent to an activating group) is 1. The van der Waals surface area contributed by atoms with E-state index in [1.807, 2.05) is 0 Å². The summed E-state index contributed by atoms with van der Waals surface area (Å²) in [6.45, 7) is 9.82. The third-order valence-electron chi connectivity index (χ3n) is 3.82. The Morgan fingerprint density at radius 2 is 2.15 bits per heavy atom. The molecule has 0 unspecified atom stereocenters. The molecule has 3 rings (SSSR count). The van der Waals surface area contributed by atoms with Gasteiger partial charge in [0.2, 0.25) is 0 Å². The van der Waals surface area contributed by atoms with Gasteiger partial charge in [-0.2, -0.15) is 0 Å². The minimum atomic E-state index is 0.550. The van der Waals surface area contributed by atoms with Gasteiger partial charge in [0.25, 0.3) is 0 Å². The number of fused-ring (bicyclic) bond motifs is 3. The Morgan fingerprint density at radius 1 is 1.35 bits per heavy atom. The Balaban J connectivity index is 2.06. The molecule has 5 heteroatoms. The molecule has 0 radical (unpaired) electrons. The first-order valence-electron chi connectivity index (χ1n) is 7.27. The van der Waals surface area contributed by atoms with Gasteiger partial charge in [0, 0.05) is 24.4 Å². The van der Waals surface area contributed by atoms with E-state index < -0.39 is 0 Å². The summed E-state index contributed by atoms with van der Waals surface area (Å²) >= 11 is 8.23. The van der Waals surface area contributed by atoms with Crippen molar-refractivity contribution in [3.05, 3.63) is 21.4 Å². The number of nitrogens with zero attached hydrogens (tertiary/aromatic N) is 3. The fraction of sp³-hybridized carbons (Fsp3) is 0.600. The molecule has 0 bridgehead atoms. The summed E-state index contributed by atoms with van der Waals surface area (Å²) in [7, 11) is 0. The molecule has 0 amide bonds. The van der Waals surface area contributed by atoms with Crippen LogP contribution in [0.25, 0.3) is 10.2 Å². The zero-order chi connectivity index (χ0) is 14.3. The molecule has 0 saturated carbocycles. The van der Waals surface area contributed by atoms with Crippen LogP contribution in [0.2, 0.25) is 5.15 Å². The first-order chi connectivity index (χ1) is 9.58. The van der Waals surface area contributed by atoms with Crippen LogP contribution in [0.15, 0.2) is 0 Å². The van der Waals surface area contributed by atoms with Crippen LogP contribution in [0.4, 0.5) is 0 Å². The molecule has 20 heavy (non-hydrogen) atoms. The second-order valence-electron chi connectivity index (χ2n) is 5.83. The normalized spacial score (nSPS) is 16.1. The lowest BCUT2D eigenvalue weighted by molar-refractivity contribution is 0.272. The molecule has 3 heterocycles. The van der Waals surface area contributed by atoms with Crippen LogP contribution >= 0.6 is 22.9 Å². The van der Waals surface area contributed by atoms with Gasteiger partial charge < -0.3 is 0 Å². The van der Waals surface area contributed by atoms with Crippen molar-refractivity contribution in [1.82, 2.24) is 14.9 Å². The Labute approximate surface area is 129 Å². The fourth-order valence-electron chi connectivity index (χ4n) is 2.77. The third-order valence-corrected chi connectivity index (χ3v) is 5.20. The van der Waals surface area contributed by atoms with Crippen molar-refractivity contribution in [2.45, 2.75) is 40.2 Å². The lowest BCUT2D eigenvalue weighted by Gasteiger charge is -2.25. The summed E-state index contributed by atoms with van der Waals surface area (Å²) < 4.78 is 0. The van der Waals surface area contributed by atoms with E-state index >= 15 is 0 Å². The Hall–Kier alpha value is -0.710. The van der Waals surface area contributed by atoms with Crippen LogP contribution in [-0.4, -0.2) is 28.0 Å². The molecule has 0 saturated heterocycles. The van der Waals surface area contributed by atoms with Crippen molar-refractivity contribution in [2.75, 3.05) is 13.1 Å². The lowest BCUT2D eigenvalue weighted by Crippen LogP contribution is -2.29. The summed E-state index contributed by atoms with van der Waals surface area (Å²) in [5, 5.41) is 1.75. The molecule has 3 nitrogen and oxygen atoms in total. The van der Waals surface area contributed by atoms with Crippen molar-refractivity contribution in [3.63, 3.8) is 0 Å². The van der Waals surface area contributed by atoms with E-state index in [1.165, 1.54) is 10.4 Å². The number of hydrogen-bond acceptors (Lipinski definition) is 4. The fourth-order valence-corrected chi connectivity index (χ4v) is 4.41. The SMILES string of the molecule is CCN1CCc2c(sc3nc(CC(C)C)nc(Cl)c23)C1. The zero-order valence-electron chi connectivity index (χ0n) is 12.2. The number of hydrogen-bond donors (Lipinski definition) is 0. The van der Waals surface area contributed by atoms with E-state index in [0.717, 1.165) is 48.5 Å². The van der Waals surface area contributed by atoms with E-state index in [1.54, 1.807) is 11.3 Å². The minimum absolute atomic E-state index is 0.550. The minimum Gasteiger partial charge on any atom is -0.298 e. The second kappa shape index (κ2) is 5.58. The van der Waals surface area contributed by atoms with Gasteiger partial charge in [-0.3, -0.25) is 4.90 Å². The van der Waals surface area contributed by atoms with Crippen LogP contribution in [0, 0.1) is 5.92 Å². The van der Waals surface area contributed by atoms with E-state index in [2.05, 4.69) is 30.7 Å². The number of rotatable bonds is 3. The molecule has 0 aliphatic carbocycles. The maximum absolute atomic E-state index is 6.44. The molecule has 0 atom stereocenters. The number of halogens is 1. The van der Waals surface area contributed by atoms with Gasteiger partial charge in [0.05, 0.1) is 5.39 Å². The molecular formula is C15H20ClN3S. The Morgan fingerprint density at radius 3 is 2.85 bits per heavy atom. The predicted octanol–water partition coefficient (Wildman–Crippen LogP) is 3.92. The average molecular weight is 310 g/mol. The Bertz CT molecular complexity index is 636. The zero-order valence-corrected chi connectivity index (χ0v) is 13.8. The molecule has 2 aromatic rings. The standard InChI is InChI=1S/C15H20ClN3S/c1-4-19-6-5-10-11(8-19)20-15-13(10)14(16)17-12(18-15)7-9(2)3/h9H,4-8H2,1-3H3. The van der Waals surface area contributed by atoms with E-state index in [9.17, 15) is 0 Å². The highest BCUT2D eigenvalue weighted by molar-refractivity contribution is 7.19. The molecular weight excluding hydrogens is 290 g/mol. The van der Waals surface area contributed by atoms with Crippen molar-refractivity contribution < 1.29 is 0 Å². The Kier molecular flexibility index (Phi) is 3.98. The number of thiophene rings is 1. The van der Waals surface area contributed by atoms with Crippen LogP contribution in [0.5, 0.6) is 0 Å².